The SMILES string of the molecule is NC[C@H]1CC[C@H](OC(F)F)CN1. The summed E-state index contributed by atoms with van der Waals surface area (Å²) in [6, 6.07) is 0.266. The van der Waals surface area contributed by atoms with Gasteiger partial charge in [-0.05, 0) is 12.8 Å². The number of rotatable bonds is 3. The number of halogens is 2. The molecule has 0 aromatic rings. The minimum atomic E-state index is -2.66. The molecule has 0 spiro atoms. The highest BCUT2D eigenvalue weighted by atomic mass is 19.3. The second kappa shape index (κ2) is 4.69. The van der Waals surface area contributed by atoms with Crippen LogP contribution in [-0.2, 0) is 4.74 Å². The molecule has 0 unspecified atom stereocenters. The summed E-state index contributed by atoms with van der Waals surface area (Å²) in [5.74, 6) is 0. The van der Waals surface area contributed by atoms with Gasteiger partial charge in [-0.3, -0.25) is 0 Å². The van der Waals surface area contributed by atoms with Crippen LogP contribution in [0.1, 0.15) is 12.8 Å². The summed E-state index contributed by atoms with van der Waals surface area (Å²) in [4.78, 5) is 0. The van der Waals surface area contributed by atoms with E-state index in [1.54, 1.807) is 0 Å². The molecule has 0 radical (unpaired) electrons. The highest BCUT2D eigenvalue weighted by Crippen LogP contribution is 2.13. The zero-order valence-electron chi connectivity index (χ0n) is 6.80. The molecule has 12 heavy (non-hydrogen) atoms. The minimum absolute atomic E-state index is 0.266. The van der Waals surface area contributed by atoms with Crippen molar-refractivity contribution in [3.63, 3.8) is 0 Å². The van der Waals surface area contributed by atoms with E-state index in [-0.39, 0.29) is 12.1 Å². The van der Waals surface area contributed by atoms with E-state index in [9.17, 15) is 8.78 Å². The first-order valence-corrected chi connectivity index (χ1v) is 4.09. The molecule has 0 aliphatic carbocycles. The van der Waals surface area contributed by atoms with Gasteiger partial charge in [0.15, 0.2) is 0 Å². The van der Waals surface area contributed by atoms with E-state index in [2.05, 4.69) is 10.1 Å². The normalized spacial score (nSPS) is 31.0. The molecule has 1 fully saturated rings. The van der Waals surface area contributed by atoms with E-state index >= 15 is 0 Å². The maximum atomic E-state index is 11.7. The van der Waals surface area contributed by atoms with Crippen LogP contribution in [0.25, 0.3) is 0 Å². The Labute approximate surface area is 70.3 Å². The molecule has 0 aromatic carbocycles. The monoisotopic (exact) mass is 180 g/mol. The second-order valence-electron chi connectivity index (χ2n) is 2.94. The summed E-state index contributed by atoms with van der Waals surface area (Å²) in [5, 5.41) is 3.04. The lowest BCUT2D eigenvalue weighted by Gasteiger charge is -2.28. The third kappa shape index (κ3) is 3.00. The molecule has 1 heterocycles. The molecular weight excluding hydrogens is 166 g/mol. The Morgan fingerprint density at radius 3 is 2.67 bits per heavy atom. The first kappa shape index (κ1) is 9.83. The van der Waals surface area contributed by atoms with Crippen LogP contribution in [0, 0.1) is 0 Å². The third-order valence-corrected chi connectivity index (χ3v) is 2.05. The van der Waals surface area contributed by atoms with Crippen LogP contribution >= 0.6 is 0 Å². The van der Waals surface area contributed by atoms with Crippen molar-refractivity contribution in [1.29, 1.82) is 0 Å². The van der Waals surface area contributed by atoms with Gasteiger partial charge in [-0.25, -0.2) is 0 Å². The van der Waals surface area contributed by atoms with E-state index in [0.29, 0.717) is 19.5 Å². The van der Waals surface area contributed by atoms with Crippen LogP contribution in [-0.4, -0.2) is 31.8 Å². The second-order valence-corrected chi connectivity index (χ2v) is 2.94. The Bertz CT molecular complexity index is 127. The lowest BCUT2D eigenvalue weighted by Crippen LogP contribution is -2.46. The Balaban J connectivity index is 2.17. The van der Waals surface area contributed by atoms with E-state index < -0.39 is 6.61 Å². The molecule has 3 nitrogen and oxygen atoms in total. The van der Waals surface area contributed by atoms with E-state index in [0.717, 1.165) is 6.42 Å². The van der Waals surface area contributed by atoms with E-state index in [1.807, 2.05) is 0 Å². The number of nitrogens with two attached hydrogens (primary N) is 1. The Hall–Kier alpha value is -0.260. The van der Waals surface area contributed by atoms with Crippen LogP contribution in [0.5, 0.6) is 0 Å². The number of hydrogen-bond acceptors (Lipinski definition) is 3. The van der Waals surface area contributed by atoms with Crippen molar-refractivity contribution in [1.82, 2.24) is 5.32 Å². The van der Waals surface area contributed by atoms with Crippen molar-refractivity contribution >= 4 is 0 Å². The first-order chi connectivity index (χ1) is 5.72. The predicted octanol–water partition coefficient (Wildman–Crippen LogP) is 0.305. The zero-order valence-corrected chi connectivity index (χ0v) is 6.80. The minimum Gasteiger partial charge on any atom is -0.329 e. The third-order valence-electron chi connectivity index (χ3n) is 2.05. The summed E-state index contributed by atoms with van der Waals surface area (Å²) in [6.07, 6.45) is 1.13. The summed E-state index contributed by atoms with van der Waals surface area (Å²) in [5.41, 5.74) is 5.40. The molecule has 1 rings (SSSR count). The molecule has 0 aromatic heterocycles. The molecule has 1 aliphatic rings. The summed E-state index contributed by atoms with van der Waals surface area (Å²) in [7, 11) is 0. The predicted molar refractivity (Wildman–Crippen MR) is 41.0 cm³/mol. The standard InChI is InChI=1S/C7H14F2N2O/c8-7(9)12-6-2-1-5(3-10)11-4-6/h5-7,11H,1-4,10H2/t5-,6+/m1/s1. The Morgan fingerprint density at radius 1 is 1.50 bits per heavy atom. The van der Waals surface area contributed by atoms with Crippen molar-refractivity contribution in [2.24, 2.45) is 5.73 Å². The van der Waals surface area contributed by atoms with Crippen LogP contribution < -0.4 is 11.1 Å². The van der Waals surface area contributed by atoms with Gasteiger partial charge in [-0.2, -0.15) is 8.78 Å². The van der Waals surface area contributed by atoms with Crippen LogP contribution in [0.15, 0.2) is 0 Å². The van der Waals surface area contributed by atoms with Gasteiger partial charge in [0.05, 0.1) is 6.10 Å². The molecule has 2 atom stereocenters. The number of nitrogens with one attached hydrogen (secondary N) is 1. The quantitative estimate of drug-likeness (QED) is 0.657. The number of alkyl halides is 2. The van der Waals surface area contributed by atoms with Crippen LogP contribution in [0.4, 0.5) is 8.78 Å². The van der Waals surface area contributed by atoms with Crippen molar-refractivity contribution in [3.05, 3.63) is 0 Å². The highest BCUT2D eigenvalue weighted by Gasteiger charge is 2.22. The van der Waals surface area contributed by atoms with Gasteiger partial charge in [0.2, 0.25) is 0 Å². The van der Waals surface area contributed by atoms with Crippen LogP contribution in [0.2, 0.25) is 0 Å². The average molecular weight is 180 g/mol. The van der Waals surface area contributed by atoms with Gasteiger partial charge in [-0.15, -0.1) is 0 Å². The highest BCUT2D eigenvalue weighted by molar-refractivity contribution is 4.78. The van der Waals surface area contributed by atoms with Crippen molar-refractivity contribution in [2.45, 2.75) is 31.6 Å². The summed E-state index contributed by atoms with van der Waals surface area (Å²) >= 11 is 0. The Morgan fingerprint density at radius 2 is 2.25 bits per heavy atom. The molecule has 5 heteroatoms. The van der Waals surface area contributed by atoms with Gasteiger partial charge in [0.25, 0.3) is 0 Å². The number of ether oxygens (including phenoxy) is 1. The van der Waals surface area contributed by atoms with Crippen LogP contribution in [0.3, 0.4) is 0 Å². The largest absolute Gasteiger partial charge is 0.345 e. The zero-order chi connectivity index (χ0) is 8.97. The molecule has 0 saturated carbocycles. The fourth-order valence-electron chi connectivity index (χ4n) is 1.35. The van der Waals surface area contributed by atoms with Gasteiger partial charge >= 0.3 is 6.61 Å². The fraction of sp³-hybridized carbons (Fsp3) is 1.00. The first-order valence-electron chi connectivity index (χ1n) is 4.09. The summed E-state index contributed by atoms with van der Waals surface area (Å²) < 4.78 is 27.8. The fourth-order valence-corrected chi connectivity index (χ4v) is 1.35. The molecule has 72 valence electrons. The topological polar surface area (TPSA) is 47.3 Å². The van der Waals surface area contributed by atoms with Gasteiger partial charge < -0.3 is 15.8 Å². The molecular formula is C7H14F2N2O. The smallest absolute Gasteiger partial charge is 0.329 e. The van der Waals surface area contributed by atoms with Crippen molar-refractivity contribution in [3.8, 4) is 0 Å². The Kier molecular flexibility index (Phi) is 3.84. The maximum Gasteiger partial charge on any atom is 0.345 e. The van der Waals surface area contributed by atoms with E-state index in [4.69, 9.17) is 5.73 Å². The van der Waals surface area contributed by atoms with Crippen molar-refractivity contribution in [2.75, 3.05) is 13.1 Å². The molecule has 0 amide bonds. The van der Waals surface area contributed by atoms with Gasteiger partial charge in [0, 0.05) is 19.1 Å². The number of piperidine rings is 1. The van der Waals surface area contributed by atoms with E-state index in [1.165, 1.54) is 0 Å². The molecule has 1 aliphatic heterocycles. The molecule has 0 bridgehead atoms. The average Bonchev–Trinajstić information content (AvgIpc) is 2.05. The maximum absolute atomic E-state index is 11.7. The van der Waals surface area contributed by atoms with Gasteiger partial charge in [-0.1, -0.05) is 0 Å². The molecule has 1 saturated heterocycles. The lowest BCUT2D eigenvalue weighted by molar-refractivity contribution is -0.167. The van der Waals surface area contributed by atoms with Crippen molar-refractivity contribution < 1.29 is 13.5 Å². The number of hydrogen-bond donors (Lipinski definition) is 2. The molecule has 3 N–H and O–H groups in total. The summed E-state index contributed by atoms with van der Waals surface area (Å²) in [6.45, 7) is -1.63. The lowest BCUT2D eigenvalue weighted by atomic mass is 10.0. The van der Waals surface area contributed by atoms with Gasteiger partial charge in [0.1, 0.15) is 0 Å².